The third-order valence-electron chi connectivity index (χ3n) is 3.34. The Morgan fingerprint density at radius 1 is 1.53 bits per heavy atom. The Morgan fingerprint density at radius 3 is 2.95 bits per heavy atom. The first-order valence-electron chi connectivity index (χ1n) is 6.23. The van der Waals surface area contributed by atoms with E-state index in [9.17, 15) is 10.1 Å². The van der Waals surface area contributed by atoms with Gasteiger partial charge in [0, 0.05) is 31.0 Å². The predicted molar refractivity (Wildman–Crippen MR) is 77.2 cm³/mol. The SMILES string of the molecule is CSc1cccc(NC2CCC(=O)N(C)C2)c1C#N. The first-order valence-corrected chi connectivity index (χ1v) is 7.45. The van der Waals surface area contributed by atoms with Crippen molar-refractivity contribution in [3.8, 4) is 6.07 Å². The van der Waals surface area contributed by atoms with Crippen molar-refractivity contribution in [1.29, 1.82) is 5.26 Å². The number of amides is 1. The lowest BCUT2D eigenvalue weighted by molar-refractivity contribution is -0.132. The highest BCUT2D eigenvalue weighted by atomic mass is 32.2. The zero-order valence-corrected chi connectivity index (χ0v) is 12.0. The van der Waals surface area contributed by atoms with Crippen LogP contribution in [-0.4, -0.2) is 36.7 Å². The van der Waals surface area contributed by atoms with Gasteiger partial charge >= 0.3 is 0 Å². The van der Waals surface area contributed by atoms with Gasteiger partial charge in [-0.25, -0.2) is 0 Å². The molecule has 0 spiro atoms. The summed E-state index contributed by atoms with van der Waals surface area (Å²) in [4.78, 5) is 14.2. The summed E-state index contributed by atoms with van der Waals surface area (Å²) in [6.45, 7) is 0.688. The molecule has 1 unspecified atom stereocenters. The van der Waals surface area contributed by atoms with Gasteiger partial charge in [0.05, 0.1) is 11.3 Å². The number of likely N-dealkylation sites (tertiary alicyclic amines) is 1. The number of carbonyl (C=O) groups is 1. The summed E-state index contributed by atoms with van der Waals surface area (Å²) in [6.07, 6.45) is 3.35. The lowest BCUT2D eigenvalue weighted by Gasteiger charge is -2.31. The van der Waals surface area contributed by atoms with Gasteiger partial charge in [0.15, 0.2) is 0 Å². The number of likely N-dealkylation sites (N-methyl/N-ethyl adjacent to an activating group) is 1. The van der Waals surface area contributed by atoms with E-state index in [-0.39, 0.29) is 11.9 Å². The second-order valence-corrected chi connectivity index (χ2v) is 5.50. The monoisotopic (exact) mass is 275 g/mol. The minimum Gasteiger partial charge on any atom is -0.379 e. The number of nitrogens with one attached hydrogen (secondary N) is 1. The van der Waals surface area contributed by atoms with Crippen molar-refractivity contribution in [2.45, 2.75) is 23.8 Å². The van der Waals surface area contributed by atoms with E-state index in [4.69, 9.17) is 0 Å². The van der Waals surface area contributed by atoms with Crippen molar-refractivity contribution >= 4 is 23.4 Å². The number of nitrogens with zero attached hydrogens (tertiary/aromatic N) is 2. The smallest absolute Gasteiger partial charge is 0.222 e. The molecule has 1 aromatic carbocycles. The lowest BCUT2D eigenvalue weighted by Crippen LogP contribution is -2.43. The predicted octanol–water partition coefficient (Wildman–Crippen LogP) is 2.31. The maximum absolute atomic E-state index is 11.5. The molecule has 1 N–H and O–H groups in total. The Bertz CT molecular complexity index is 524. The van der Waals surface area contributed by atoms with Gasteiger partial charge in [0.2, 0.25) is 5.91 Å². The Morgan fingerprint density at radius 2 is 2.32 bits per heavy atom. The molecule has 0 radical (unpaired) electrons. The molecular formula is C14H17N3OS. The second kappa shape index (κ2) is 5.98. The fourth-order valence-corrected chi connectivity index (χ4v) is 2.86. The van der Waals surface area contributed by atoms with E-state index in [2.05, 4.69) is 11.4 Å². The van der Waals surface area contributed by atoms with Crippen LogP contribution in [0.5, 0.6) is 0 Å². The quantitative estimate of drug-likeness (QED) is 0.860. The van der Waals surface area contributed by atoms with Crippen molar-refractivity contribution < 1.29 is 4.79 Å². The van der Waals surface area contributed by atoms with Crippen LogP contribution >= 0.6 is 11.8 Å². The van der Waals surface area contributed by atoms with E-state index in [0.29, 0.717) is 18.5 Å². The Balaban J connectivity index is 2.16. The van der Waals surface area contributed by atoms with Crippen LogP contribution in [-0.2, 0) is 4.79 Å². The first-order chi connectivity index (χ1) is 9.15. The van der Waals surface area contributed by atoms with Gasteiger partial charge in [-0.15, -0.1) is 11.8 Å². The minimum absolute atomic E-state index is 0.191. The highest BCUT2D eigenvalue weighted by Crippen LogP contribution is 2.27. The number of hydrogen-bond acceptors (Lipinski definition) is 4. The van der Waals surface area contributed by atoms with E-state index in [1.165, 1.54) is 0 Å². The molecule has 0 aromatic heterocycles. The normalized spacial score (nSPS) is 19.1. The Hall–Kier alpha value is -1.67. The highest BCUT2D eigenvalue weighted by Gasteiger charge is 2.23. The summed E-state index contributed by atoms with van der Waals surface area (Å²) < 4.78 is 0. The number of piperidine rings is 1. The van der Waals surface area contributed by atoms with Crippen LogP contribution in [0.2, 0.25) is 0 Å². The van der Waals surface area contributed by atoms with Crippen LogP contribution in [0.3, 0.4) is 0 Å². The molecule has 0 bridgehead atoms. The van der Waals surface area contributed by atoms with Crippen LogP contribution in [0.15, 0.2) is 23.1 Å². The molecule has 1 saturated heterocycles. The highest BCUT2D eigenvalue weighted by molar-refractivity contribution is 7.98. The van der Waals surface area contributed by atoms with Gasteiger partial charge in [0.1, 0.15) is 6.07 Å². The van der Waals surface area contributed by atoms with Crippen molar-refractivity contribution in [3.63, 3.8) is 0 Å². The van der Waals surface area contributed by atoms with Crippen LogP contribution in [0.4, 0.5) is 5.69 Å². The van der Waals surface area contributed by atoms with Crippen molar-refractivity contribution in [2.75, 3.05) is 25.2 Å². The summed E-state index contributed by atoms with van der Waals surface area (Å²) in [5.74, 6) is 0.191. The molecule has 100 valence electrons. The third-order valence-corrected chi connectivity index (χ3v) is 4.12. The lowest BCUT2D eigenvalue weighted by atomic mass is 10.0. The van der Waals surface area contributed by atoms with Crippen LogP contribution < -0.4 is 5.32 Å². The van der Waals surface area contributed by atoms with Crippen LogP contribution in [0, 0.1) is 11.3 Å². The molecule has 19 heavy (non-hydrogen) atoms. The molecule has 1 aromatic rings. The summed E-state index contributed by atoms with van der Waals surface area (Å²) in [7, 11) is 1.82. The van der Waals surface area contributed by atoms with Gasteiger partial charge in [-0.2, -0.15) is 5.26 Å². The van der Waals surface area contributed by atoms with Gasteiger partial charge < -0.3 is 10.2 Å². The topological polar surface area (TPSA) is 56.1 Å². The number of anilines is 1. The van der Waals surface area contributed by atoms with Gasteiger partial charge in [-0.1, -0.05) is 6.07 Å². The maximum Gasteiger partial charge on any atom is 0.222 e. The fraction of sp³-hybridized carbons (Fsp3) is 0.429. The largest absolute Gasteiger partial charge is 0.379 e. The van der Waals surface area contributed by atoms with Gasteiger partial charge in [-0.3, -0.25) is 4.79 Å². The van der Waals surface area contributed by atoms with Crippen LogP contribution in [0.1, 0.15) is 18.4 Å². The molecule has 1 heterocycles. The Kier molecular flexibility index (Phi) is 4.33. The molecule has 1 amide bonds. The van der Waals surface area contributed by atoms with E-state index >= 15 is 0 Å². The first kappa shape index (κ1) is 13.8. The molecule has 1 fully saturated rings. The number of hydrogen-bond donors (Lipinski definition) is 1. The molecule has 0 aliphatic carbocycles. The number of thioether (sulfide) groups is 1. The molecular weight excluding hydrogens is 258 g/mol. The second-order valence-electron chi connectivity index (χ2n) is 4.65. The molecule has 1 atom stereocenters. The molecule has 5 heteroatoms. The van der Waals surface area contributed by atoms with Crippen molar-refractivity contribution in [1.82, 2.24) is 4.90 Å². The molecule has 4 nitrogen and oxygen atoms in total. The number of benzene rings is 1. The van der Waals surface area contributed by atoms with E-state index < -0.39 is 0 Å². The number of carbonyl (C=O) groups excluding carboxylic acids is 1. The standard InChI is InChI=1S/C14H17N3OS/c1-17-9-10(6-7-14(17)18)16-12-4-3-5-13(19-2)11(12)8-15/h3-5,10,16H,6-7,9H2,1-2H3. The zero-order chi connectivity index (χ0) is 13.8. The summed E-state index contributed by atoms with van der Waals surface area (Å²) in [5, 5.41) is 12.7. The summed E-state index contributed by atoms with van der Waals surface area (Å²) in [5.41, 5.74) is 1.55. The average Bonchev–Trinajstić information content (AvgIpc) is 2.42. The maximum atomic E-state index is 11.5. The van der Waals surface area contributed by atoms with Gasteiger partial charge in [0.25, 0.3) is 0 Å². The minimum atomic E-state index is 0.191. The number of nitriles is 1. The molecule has 1 aliphatic heterocycles. The van der Waals surface area contributed by atoms with E-state index in [1.807, 2.05) is 31.5 Å². The summed E-state index contributed by atoms with van der Waals surface area (Å²) >= 11 is 1.57. The third kappa shape index (κ3) is 3.02. The summed E-state index contributed by atoms with van der Waals surface area (Å²) in [6, 6.07) is 8.30. The zero-order valence-electron chi connectivity index (χ0n) is 11.1. The van der Waals surface area contributed by atoms with Gasteiger partial charge in [-0.05, 0) is 24.8 Å². The van der Waals surface area contributed by atoms with E-state index in [1.54, 1.807) is 16.7 Å². The number of rotatable bonds is 3. The molecule has 1 aliphatic rings. The van der Waals surface area contributed by atoms with E-state index in [0.717, 1.165) is 17.0 Å². The average molecular weight is 275 g/mol. The fourth-order valence-electron chi connectivity index (χ4n) is 2.29. The van der Waals surface area contributed by atoms with Crippen molar-refractivity contribution in [2.24, 2.45) is 0 Å². The van der Waals surface area contributed by atoms with Crippen molar-refractivity contribution in [3.05, 3.63) is 23.8 Å². The van der Waals surface area contributed by atoms with Crippen LogP contribution in [0.25, 0.3) is 0 Å². The molecule has 0 saturated carbocycles. The Labute approximate surface area is 117 Å². The molecule has 2 rings (SSSR count).